The Kier molecular flexibility index (Phi) is 3.91. The van der Waals surface area contributed by atoms with Crippen molar-refractivity contribution < 1.29 is 19.2 Å². The average Bonchev–Trinajstić information content (AvgIpc) is 2.84. The number of carboxylic acids is 1. The monoisotopic (exact) mass is 262 g/mol. The summed E-state index contributed by atoms with van der Waals surface area (Å²) in [7, 11) is 0. The van der Waals surface area contributed by atoms with Gasteiger partial charge in [0.2, 0.25) is 0 Å². The van der Waals surface area contributed by atoms with E-state index >= 15 is 0 Å². The molecule has 0 saturated carbocycles. The van der Waals surface area contributed by atoms with E-state index in [1.807, 2.05) is 31.2 Å². The van der Waals surface area contributed by atoms with Gasteiger partial charge in [-0.05, 0) is 26.0 Å². The van der Waals surface area contributed by atoms with Crippen LogP contribution in [0.2, 0.25) is 0 Å². The van der Waals surface area contributed by atoms with Crippen molar-refractivity contribution in [3.63, 3.8) is 0 Å². The summed E-state index contributed by atoms with van der Waals surface area (Å²) >= 11 is 0. The van der Waals surface area contributed by atoms with Crippen LogP contribution < -0.4 is 0 Å². The summed E-state index contributed by atoms with van der Waals surface area (Å²) in [5, 5.41) is 12.4. The lowest BCUT2D eigenvalue weighted by atomic mass is 10.1. The SMILES string of the molecule is Cc1cccc(-c2nc(CO[C@H](C)C(=O)O)no2)c1. The molecule has 6 nitrogen and oxygen atoms in total. The first kappa shape index (κ1) is 13.2. The van der Waals surface area contributed by atoms with Crippen molar-refractivity contribution in [2.75, 3.05) is 0 Å². The highest BCUT2D eigenvalue weighted by Gasteiger charge is 2.14. The van der Waals surface area contributed by atoms with E-state index in [9.17, 15) is 4.79 Å². The summed E-state index contributed by atoms with van der Waals surface area (Å²) in [5.74, 6) is -0.308. The molecular formula is C13H14N2O4. The predicted molar refractivity (Wildman–Crippen MR) is 66.4 cm³/mol. The summed E-state index contributed by atoms with van der Waals surface area (Å²) < 4.78 is 10.2. The molecule has 0 spiro atoms. The number of carboxylic acid groups (broad SMARTS) is 1. The minimum Gasteiger partial charge on any atom is -0.479 e. The lowest BCUT2D eigenvalue weighted by Crippen LogP contribution is -2.19. The van der Waals surface area contributed by atoms with Crippen molar-refractivity contribution in [1.29, 1.82) is 0 Å². The average molecular weight is 262 g/mol. The number of hydrogen-bond acceptors (Lipinski definition) is 5. The van der Waals surface area contributed by atoms with Crippen LogP contribution in [-0.4, -0.2) is 27.3 Å². The smallest absolute Gasteiger partial charge is 0.332 e. The van der Waals surface area contributed by atoms with E-state index < -0.39 is 12.1 Å². The van der Waals surface area contributed by atoms with Gasteiger partial charge in [-0.25, -0.2) is 4.79 Å². The topological polar surface area (TPSA) is 85.5 Å². The van der Waals surface area contributed by atoms with E-state index in [0.29, 0.717) is 11.7 Å². The molecule has 1 heterocycles. The van der Waals surface area contributed by atoms with Gasteiger partial charge in [-0.1, -0.05) is 22.9 Å². The third kappa shape index (κ3) is 3.38. The summed E-state index contributed by atoms with van der Waals surface area (Å²) in [6, 6.07) is 7.67. The fourth-order valence-electron chi connectivity index (χ4n) is 1.48. The normalized spacial score (nSPS) is 12.3. The zero-order valence-corrected chi connectivity index (χ0v) is 10.7. The standard InChI is InChI=1S/C13H14N2O4/c1-8-4-3-5-10(6-8)12-14-11(15-19-12)7-18-9(2)13(16)17/h3-6,9H,7H2,1-2H3,(H,16,17)/t9-/m1/s1. The van der Waals surface area contributed by atoms with E-state index in [2.05, 4.69) is 10.1 Å². The lowest BCUT2D eigenvalue weighted by molar-refractivity contribution is -0.150. The van der Waals surface area contributed by atoms with Crippen LogP contribution in [0.1, 0.15) is 18.3 Å². The van der Waals surface area contributed by atoms with Crippen LogP contribution in [0.25, 0.3) is 11.5 Å². The molecule has 0 radical (unpaired) electrons. The van der Waals surface area contributed by atoms with E-state index in [4.69, 9.17) is 14.4 Å². The van der Waals surface area contributed by atoms with Gasteiger partial charge in [0.1, 0.15) is 6.61 Å². The van der Waals surface area contributed by atoms with Crippen molar-refractivity contribution in [3.05, 3.63) is 35.7 Å². The summed E-state index contributed by atoms with van der Waals surface area (Å²) in [6.07, 6.45) is -0.902. The third-order valence-electron chi connectivity index (χ3n) is 2.54. The molecular weight excluding hydrogens is 248 g/mol. The number of benzene rings is 1. The molecule has 0 aliphatic rings. The fourth-order valence-corrected chi connectivity index (χ4v) is 1.48. The first-order valence-corrected chi connectivity index (χ1v) is 5.80. The molecule has 1 atom stereocenters. The number of carbonyl (C=O) groups is 1. The minimum atomic E-state index is -1.03. The van der Waals surface area contributed by atoms with Crippen molar-refractivity contribution in [2.45, 2.75) is 26.6 Å². The maximum atomic E-state index is 10.6. The maximum absolute atomic E-state index is 10.6. The van der Waals surface area contributed by atoms with Crippen LogP contribution >= 0.6 is 0 Å². The van der Waals surface area contributed by atoms with E-state index in [1.54, 1.807) is 0 Å². The van der Waals surface area contributed by atoms with E-state index in [1.165, 1.54) is 6.92 Å². The number of rotatable bonds is 5. The highest BCUT2D eigenvalue weighted by atomic mass is 16.5. The van der Waals surface area contributed by atoms with E-state index in [-0.39, 0.29) is 6.61 Å². The Bertz CT molecular complexity index is 580. The Morgan fingerprint density at radius 2 is 2.32 bits per heavy atom. The number of hydrogen-bond donors (Lipinski definition) is 1. The molecule has 0 aliphatic heterocycles. The van der Waals surface area contributed by atoms with Gasteiger partial charge < -0.3 is 14.4 Å². The van der Waals surface area contributed by atoms with Gasteiger partial charge in [-0.15, -0.1) is 0 Å². The zero-order chi connectivity index (χ0) is 13.8. The van der Waals surface area contributed by atoms with Crippen molar-refractivity contribution in [3.8, 4) is 11.5 Å². The second kappa shape index (κ2) is 5.62. The number of ether oxygens (including phenoxy) is 1. The van der Waals surface area contributed by atoms with Crippen molar-refractivity contribution in [1.82, 2.24) is 10.1 Å². The molecule has 6 heteroatoms. The van der Waals surface area contributed by atoms with Crippen molar-refractivity contribution in [2.24, 2.45) is 0 Å². The van der Waals surface area contributed by atoms with Gasteiger partial charge in [-0.3, -0.25) is 0 Å². The Balaban J connectivity index is 2.05. The maximum Gasteiger partial charge on any atom is 0.332 e. The summed E-state index contributed by atoms with van der Waals surface area (Å²) in [6.45, 7) is 3.42. The van der Waals surface area contributed by atoms with Crippen LogP contribution in [0.15, 0.2) is 28.8 Å². The van der Waals surface area contributed by atoms with Crippen LogP contribution in [-0.2, 0) is 16.1 Å². The number of aryl methyl sites for hydroxylation is 1. The first-order valence-electron chi connectivity index (χ1n) is 5.80. The van der Waals surface area contributed by atoms with Gasteiger partial charge in [0.25, 0.3) is 5.89 Å². The summed E-state index contributed by atoms with van der Waals surface area (Å²) in [5.41, 5.74) is 1.91. The Morgan fingerprint density at radius 1 is 1.53 bits per heavy atom. The molecule has 0 amide bonds. The van der Waals surface area contributed by atoms with Crippen molar-refractivity contribution >= 4 is 5.97 Å². The van der Waals surface area contributed by atoms with Gasteiger partial charge in [-0.2, -0.15) is 4.98 Å². The van der Waals surface area contributed by atoms with Gasteiger partial charge in [0.05, 0.1) is 0 Å². The molecule has 100 valence electrons. The molecule has 2 aromatic rings. The second-order valence-electron chi connectivity index (χ2n) is 4.18. The minimum absolute atomic E-state index is 0.00276. The largest absolute Gasteiger partial charge is 0.479 e. The molecule has 0 aliphatic carbocycles. The van der Waals surface area contributed by atoms with Crippen LogP contribution in [0.3, 0.4) is 0 Å². The molecule has 2 rings (SSSR count). The molecule has 1 aromatic heterocycles. The Hall–Kier alpha value is -2.21. The number of nitrogens with zero attached hydrogens (tertiary/aromatic N) is 2. The van der Waals surface area contributed by atoms with Crippen LogP contribution in [0.5, 0.6) is 0 Å². The number of aliphatic carboxylic acids is 1. The Morgan fingerprint density at radius 3 is 3.00 bits per heavy atom. The first-order chi connectivity index (χ1) is 9.06. The molecule has 0 saturated heterocycles. The third-order valence-corrected chi connectivity index (χ3v) is 2.54. The quantitative estimate of drug-likeness (QED) is 0.887. The number of aromatic nitrogens is 2. The highest BCUT2D eigenvalue weighted by molar-refractivity contribution is 5.71. The lowest BCUT2D eigenvalue weighted by Gasteiger charge is -2.04. The van der Waals surface area contributed by atoms with Crippen LogP contribution in [0.4, 0.5) is 0 Å². The van der Waals surface area contributed by atoms with Gasteiger partial charge in [0.15, 0.2) is 11.9 Å². The van der Waals surface area contributed by atoms with Gasteiger partial charge in [0, 0.05) is 5.56 Å². The molecule has 19 heavy (non-hydrogen) atoms. The molecule has 1 aromatic carbocycles. The molecule has 0 bridgehead atoms. The second-order valence-corrected chi connectivity index (χ2v) is 4.18. The van der Waals surface area contributed by atoms with Crippen LogP contribution in [0, 0.1) is 6.92 Å². The Labute approximate surface area is 110 Å². The summed E-state index contributed by atoms with van der Waals surface area (Å²) in [4.78, 5) is 14.8. The molecule has 1 N–H and O–H groups in total. The van der Waals surface area contributed by atoms with E-state index in [0.717, 1.165) is 11.1 Å². The molecule has 0 fully saturated rings. The van der Waals surface area contributed by atoms with Gasteiger partial charge >= 0.3 is 5.97 Å². The zero-order valence-electron chi connectivity index (χ0n) is 10.7. The molecule has 0 unspecified atom stereocenters. The highest BCUT2D eigenvalue weighted by Crippen LogP contribution is 2.18. The fraction of sp³-hybridized carbons (Fsp3) is 0.308. The predicted octanol–water partition coefficient (Wildman–Crippen LogP) is 2.03.